The van der Waals surface area contributed by atoms with Crippen molar-refractivity contribution in [2.45, 2.75) is 69.9 Å². The van der Waals surface area contributed by atoms with Crippen LogP contribution in [0.1, 0.15) is 74.0 Å². The van der Waals surface area contributed by atoms with Gasteiger partial charge in [0.05, 0.1) is 0 Å². The van der Waals surface area contributed by atoms with E-state index >= 15 is 0 Å². The van der Waals surface area contributed by atoms with Gasteiger partial charge in [0.15, 0.2) is 5.69 Å². The van der Waals surface area contributed by atoms with Gasteiger partial charge >= 0.3 is 0 Å². The molecule has 1 saturated carbocycles. The minimum absolute atomic E-state index is 0.0802. The molecule has 3 aliphatic rings. The number of hydrogen-bond acceptors (Lipinski definition) is 5. The average Bonchev–Trinajstić information content (AvgIpc) is 3.17. The van der Waals surface area contributed by atoms with Crippen molar-refractivity contribution >= 4 is 11.8 Å². The molecule has 2 unspecified atom stereocenters. The van der Waals surface area contributed by atoms with Crippen molar-refractivity contribution in [3.63, 3.8) is 0 Å². The maximum absolute atomic E-state index is 12.6. The van der Waals surface area contributed by atoms with Crippen LogP contribution in [0.5, 0.6) is 0 Å². The number of likely N-dealkylation sites (tertiary alicyclic amines) is 1. The van der Waals surface area contributed by atoms with Gasteiger partial charge in [0.2, 0.25) is 5.91 Å². The van der Waals surface area contributed by atoms with E-state index in [4.69, 9.17) is 4.52 Å². The van der Waals surface area contributed by atoms with E-state index in [1.807, 2.05) is 4.90 Å². The normalized spacial score (nSPS) is 28.3. The van der Waals surface area contributed by atoms with Gasteiger partial charge in [0.1, 0.15) is 5.76 Å². The van der Waals surface area contributed by atoms with Crippen molar-refractivity contribution in [3.8, 4) is 0 Å². The van der Waals surface area contributed by atoms with Crippen molar-refractivity contribution in [2.24, 2.45) is 5.92 Å². The first-order chi connectivity index (χ1) is 13.1. The van der Waals surface area contributed by atoms with Crippen molar-refractivity contribution in [3.05, 3.63) is 17.5 Å². The Bertz CT molecular complexity index is 679. The second-order valence-corrected chi connectivity index (χ2v) is 8.42. The van der Waals surface area contributed by atoms with Crippen LogP contribution in [-0.4, -0.2) is 53.6 Å². The summed E-state index contributed by atoms with van der Waals surface area (Å²) in [6.07, 6.45) is 6.62. The van der Waals surface area contributed by atoms with Crippen LogP contribution in [0.15, 0.2) is 10.6 Å². The van der Waals surface area contributed by atoms with E-state index in [-0.39, 0.29) is 23.9 Å². The summed E-state index contributed by atoms with van der Waals surface area (Å²) in [6.45, 7) is 4.91. The predicted molar refractivity (Wildman–Crippen MR) is 100 cm³/mol. The molecule has 3 heterocycles. The third-order valence-electron chi connectivity index (χ3n) is 6.20. The number of amides is 2. The van der Waals surface area contributed by atoms with E-state index < -0.39 is 0 Å². The number of carbonyl (C=O) groups excluding carboxylic acids is 2. The topological polar surface area (TPSA) is 87.5 Å². The SMILES string of the molecule is C[C@@H]1CC(NC(=O)c2cc(C3CC3)on2)CCN1C(=O)CCC1CCNC1. The molecule has 4 rings (SSSR count). The van der Waals surface area contributed by atoms with Crippen LogP contribution >= 0.6 is 0 Å². The van der Waals surface area contributed by atoms with Gasteiger partial charge in [-0.2, -0.15) is 0 Å². The Kier molecular flexibility index (Phi) is 5.48. The van der Waals surface area contributed by atoms with E-state index in [0.717, 1.165) is 51.0 Å². The molecule has 3 fully saturated rings. The first-order valence-electron chi connectivity index (χ1n) is 10.4. The summed E-state index contributed by atoms with van der Waals surface area (Å²) in [5, 5.41) is 10.3. The summed E-state index contributed by atoms with van der Waals surface area (Å²) in [6, 6.07) is 2.00. The molecule has 7 heteroatoms. The monoisotopic (exact) mass is 374 g/mol. The third kappa shape index (κ3) is 4.51. The maximum atomic E-state index is 12.6. The Balaban J connectivity index is 1.23. The molecule has 2 amide bonds. The Morgan fingerprint density at radius 3 is 2.89 bits per heavy atom. The minimum Gasteiger partial charge on any atom is -0.360 e. The molecule has 1 aliphatic carbocycles. The van der Waals surface area contributed by atoms with Crippen LogP contribution in [0.2, 0.25) is 0 Å². The molecule has 1 aromatic heterocycles. The Morgan fingerprint density at radius 2 is 2.19 bits per heavy atom. The molecular formula is C20H30N4O3. The van der Waals surface area contributed by atoms with Crippen molar-refractivity contribution in [1.82, 2.24) is 20.7 Å². The summed E-state index contributed by atoms with van der Waals surface area (Å²) in [7, 11) is 0. The van der Waals surface area contributed by atoms with E-state index in [1.165, 1.54) is 6.42 Å². The zero-order valence-corrected chi connectivity index (χ0v) is 16.1. The summed E-state index contributed by atoms with van der Waals surface area (Å²) in [4.78, 5) is 27.0. The van der Waals surface area contributed by atoms with E-state index in [9.17, 15) is 9.59 Å². The zero-order valence-electron chi connectivity index (χ0n) is 16.1. The first-order valence-corrected chi connectivity index (χ1v) is 10.4. The highest BCUT2D eigenvalue weighted by molar-refractivity contribution is 5.92. The third-order valence-corrected chi connectivity index (χ3v) is 6.20. The van der Waals surface area contributed by atoms with Crippen LogP contribution in [0.25, 0.3) is 0 Å². The zero-order chi connectivity index (χ0) is 18.8. The lowest BCUT2D eigenvalue weighted by Crippen LogP contribution is -2.51. The van der Waals surface area contributed by atoms with Crippen molar-refractivity contribution < 1.29 is 14.1 Å². The Morgan fingerprint density at radius 1 is 1.33 bits per heavy atom. The number of aromatic nitrogens is 1. The lowest BCUT2D eigenvalue weighted by Gasteiger charge is -2.38. The number of hydrogen-bond donors (Lipinski definition) is 2. The number of nitrogens with one attached hydrogen (secondary N) is 2. The quantitative estimate of drug-likeness (QED) is 0.796. The van der Waals surface area contributed by atoms with Gasteiger partial charge in [-0.1, -0.05) is 5.16 Å². The van der Waals surface area contributed by atoms with Gasteiger partial charge in [-0.05, 0) is 64.5 Å². The average molecular weight is 374 g/mol. The molecule has 2 saturated heterocycles. The highest BCUT2D eigenvalue weighted by Crippen LogP contribution is 2.40. The molecule has 27 heavy (non-hydrogen) atoms. The van der Waals surface area contributed by atoms with Crippen LogP contribution in [0.4, 0.5) is 0 Å². The maximum Gasteiger partial charge on any atom is 0.273 e. The van der Waals surface area contributed by atoms with Crippen LogP contribution in [0.3, 0.4) is 0 Å². The molecule has 0 bridgehead atoms. The molecule has 3 atom stereocenters. The highest BCUT2D eigenvalue weighted by atomic mass is 16.5. The summed E-state index contributed by atoms with van der Waals surface area (Å²) < 4.78 is 5.27. The van der Waals surface area contributed by atoms with Crippen LogP contribution in [0, 0.1) is 5.92 Å². The van der Waals surface area contributed by atoms with Gasteiger partial charge in [-0.15, -0.1) is 0 Å². The number of carbonyl (C=O) groups is 2. The molecule has 148 valence electrons. The number of rotatable bonds is 6. The summed E-state index contributed by atoms with van der Waals surface area (Å²) >= 11 is 0. The largest absolute Gasteiger partial charge is 0.360 e. The number of piperidine rings is 1. The lowest BCUT2D eigenvalue weighted by molar-refractivity contribution is -0.135. The van der Waals surface area contributed by atoms with Crippen molar-refractivity contribution in [2.75, 3.05) is 19.6 Å². The molecule has 2 aliphatic heterocycles. The first kappa shape index (κ1) is 18.5. The smallest absolute Gasteiger partial charge is 0.273 e. The number of nitrogens with zero attached hydrogens (tertiary/aromatic N) is 2. The second kappa shape index (κ2) is 8.00. The van der Waals surface area contributed by atoms with Crippen LogP contribution in [-0.2, 0) is 4.79 Å². The van der Waals surface area contributed by atoms with Gasteiger partial charge in [-0.25, -0.2) is 0 Å². The summed E-state index contributed by atoms with van der Waals surface area (Å²) in [5.74, 6) is 2.00. The van der Waals surface area contributed by atoms with Gasteiger partial charge in [-0.3, -0.25) is 9.59 Å². The minimum atomic E-state index is -0.170. The fourth-order valence-corrected chi connectivity index (χ4v) is 4.32. The van der Waals surface area contributed by atoms with Crippen molar-refractivity contribution in [1.29, 1.82) is 0 Å². The highest BCUT2D eigenvalue weighted by Gasteiger charge is 2.32. The van der Waals surface area contributed by atoms with Gasteiger partial charge in [0, 0.05) is 37.0 Å². The Labute approximate surface area is 160 Å². The van der Waals surface area contributed by atoms with E-state index in [0.29, 0.717) is 30.5 Å². The lowest BCUT2D eigenvalue weighted by atomic mass is 9.96. The predicted octanol–water partition coefficient (Wildman–Crippen LogP) is 2.05. The molecule has 1 aromatic rings. The second-order valence-electron chi connectivity index (χ2n) is 8.42. The Hall–Kier alpha value is -1.89. The fourth-order valence-electron chi connectivity index (χ4n) is 4.32. The fraction of sp³-hybridized carbons (Fsp3) is 0.750. The molecule has 0 aromatic carbocycles. The van der Waals surface area contributed by atoms with Gasteiger partial charge < -0.3 is 20.1 Å². The molecule has 0 radical (unpaired) electrons. The van der Waals surface area contributed by atoms with E-state index in [2.05, 4.69) is 22.7 Å². The standard InChI is InChI=1S/C20H30N4O3/c1-13-10-16(22-20(26)17-11-18(27-23-17)15-3-4-15)7-9-24(13)19(25)5-2-14-6-8-21-12-14/h11,13-16,21H,2-10,12H2,1H3,(H,22,26)/t13-,14?,16?/m1/s1. The van der Waals surface area contributed by atoms with Gasteiger partial charge in [0.25, 0.3) is 5.91 Å². The summed E-state index contributed by atoms with van der Waals surface area (Å²) in [5.41, 5.74) is 0.369. The van der Waals surface area contributed by atoms with Crippen LogP contribution < -0.4 is 10.6 Å². The molecular weight excluding hydrogens is 344 g/mol. The molecule has 0 spiro atoms. The molecule has 7 nitrogen and oxygen atoms in total. The van der Waals surface area contributed by atoms with E-state index in [1.54, 1.807) is 6.07 Å². The molecule has 2 N–H and O–H groups in total.